The standard InChI is InChI=1S/C13H25NO3/c1-4-13(8-16-9-13)10-17-12(15)14-7-5-6-11(2)3/h11H,4-10H2,1-3H3,(H,14,15). The molecule has 0 radical (unpaired) electrons. The van der Waals surface area contributed by atoms with E-state index in [0.717, 1.165) is 19.3 Å². The molecule has 17 heavy (non-hydrogen) atoms. The molecule has 1 aliphatic rings. The number of amides is 1. The van der Waals surface area contributed by atoms with Crippen LogP contribution in [0.5, 0.6) is 0 Å². The lowest BCUT2D eigenvalue weighted by Gasteiger charge is -2.39. The molecule has 100 valence electrons. The molecule has 1 heterocycles. The van der Waals surface area contributed by atoms with Gasteiger partial charge in [-0.15, -0.1) is 0 Å². The smallest absolute Gasteiger partial charge is 0.407 e. The molecule has 1 N–H and O–H groups in total. The number of hydrogen-bond donors (Lipinski definition) is 1. The zero-order valence-electron chi connectivity index (χ0n) is 11.3. The Balaban J connectivity index is 2.05. The van der Waals surface area contributed by atoms with Gasteiger partial charge in [0.05, 0.1) is 18.6 Å². The fraction of sp³-hybridized carbons (Fsp3) is 0.923. The highest BCUT2D eigenvalue weighted by Crippen LogP contribution is 2.31. The molecule has 1 aliphatic heterocycles. The molecule has 0 aromatic carbocycles. The Kier molecular flexibility index (Phi) is 5.75. The number of rotatable bonds is 7. The Morgan fingerprint density at radius 1 is 1.47 bits per heavy atom. The van der Waals surface area contributed by atoms with Crippen molar-refractivity contribution in [2.45, 2.75) is 40.0 Å². The second kappa shape index (κ2) is 6.84. The van der Waals surface area contributed by atoms with Crippen LogP contribution in [0.15, 0.2) is 0 Å². The third-order valence-electron chi connectivity index (χ3n) is 3.30. The summed E-state index contributed by atoms with van der Waals surface area (Å²) >= 11 is 0. The SMILES string of the molecule is CCC1(COC(=O)NCCCC(C)C)COC1. The van der Waals surface area contributed by atoms with Crippen molar-refractivity contribution in [1.29, 1.82) is 0 Å². The maximum Gasteiger partial charge on any atom is 0.407 e. The van der Waals surface area contributed by atoms with Gasteiger partial charge in [-0.1, -0.05) is 20.8 Å². The lowest BCUT2D eigenvalue weighted by Crippen LogP contribution is -2.46. The molecule has 0 aliphatic carbocycles. The third-order valence-corrected chi connectivity index (χ3v) is 3.30. The molecule has 4 heteroatoms. The van der Waals surface area contributed by atoms with Gasteiger partial charge >= 0.3 is 6.09 Å². The Morgan fingerprint density at radius 3 is 2.65 bits per heavy atom. The normalized spacial score (nSPS) is 17.6. The van der Waals surface area contributed by atoms with Gasteiger partial charge in [0.15, 0.2) is 0 Å². The molecule has 1 amide bonds. The van der Waals surface area contributed by atoms with Gasteiger partial charge in [0.2, 0.25) is 0 Å². The van der Waals surface area contributed by atoms with Crippen LogP contribution in [-0.4, -0.2) is 32.5 Å². The van der Waals surface area contributed by atoms with Crippen molar-refractivity contribution < 1.29 is 14.3 Å². The van der Waals surface area contributed by atoms with Gasteiger partial charge in [0.25, 0.3) is 0 Å². The van der Waals surface area contributed by atoms with E-state index in [0.29, 0.717) is 32.3 Å². The number of carbonyl (C=O) groups excluding carboxylic acids is 1. The van der Waals surface area contributed by atoms with E-state index in [4.69, 9.17) is 9.47 Å². The summed E-state index contributed by atoms with van der Waals surface area (Å²) in [6, 6.07) is 0. The number of hydrogen-bond acceptors (Lipinski definition) is 3. The highest BCUT2D eigenvalue weighted by Gasteiger charge is 2.38. The molecule has 0 aromatic rings. The van der Waals surface area contributed by atoms with Crippen molar-refractivity contribution in [3.63, 3.8) is 0 Å². The molecular formula is C13H25NO3. The summed E-state index contributed by atoms with van der Waals surface area (Å²) in [5.41, 5.74) is 0.0786. The van der Waals surface area contributed by atoms with Crippen molar-refractivity contribution in [2.24, 2.45) is 11.3 Å². The zero-order valence-corrected chi connectivity index (χ0v) is 11.3. The van der Waals surface area contributed by atoms with Crippen LogP contribution < -0.4 is 5.32 Å². The predicted molar refractivity (Wildman–Crippen MR) is 67.0 cm³/mol. The molecule has 1 fully saturated rings. The van der Waals surface area contributed by atoms with E-state index < -0.39 is 0 Å². The number of ether oxygens (including phenoxy) is 2. The predicted octanol–water partition coefficient (Wildman–Crippen LogP) is 2.58. The molecule has 0 saturated carbocycles. The van der Waals surface area contributed by atoms with Gasteiger partial charge in [-0.05, 0) is 25.2 Å². The summed E-state index contributed by atoms with van der Waals surface area (Å²) in [6.45, 7) is 9.06. The molecule has 0 atom stereocenters. The van der Waals surface area contributed by atoms with E-state index in [1.807, 2.05) is 0 Å². The maximum absolute atomic E-state index is 11.4. The summed E-state index contributed by atoms with van der Waals surface area (Å²) < 4.78 is 10.4. The van der Waals surface area contributed by atoms with Gasteiger partial charge in [-0.25, -0.2) is 4.79 Å². The van der Waals surface area contributed by atoms with Gasteiger partial charge in [0, 0.05) is 6.54 Å². The van der Waals surface area contributed by atoms with Gasteiger partial charge in [0.1, 0.15) is 6.61 Å². The monoisotopic (exact) mass is 243 g/mol. The Hall–Kier alpha value is -0.770. The molecular weight excluding hydrogens is 218 g/mol. The van der Waals surface area contributed by atoms with Crippen molar-refractivity contribution >= 4 is 6.09 Å². The molecule has 0 aromatic heterocycles. The minimum atomic E-state index is -0.298. The molecule has 0 spiro atoms. The second-order valence-corrected chi connectivity index (χ2v) is 5.39. The van der Waals surface area contributed by atoms with Gasteiger partial charge in [-0.2, -0.15) is 0 Å². The molecule has 4 nitrogen and oxygen atoms in total. The summed E-state index contributed by atoms with van der Waals surface area (Å²) in [6.07, 6.45) is 2.84. The van der Waals surface area contributed by atoms with Gasteiger partial charge < -0.3 is 14.8 Å². The summed E-state index contributed by atoms with van der Waals surface area (Å²) in [4.78, 5) is 11.4. The first-order valence-electron chi connectivity index (χ1n) is 6.56. The average Bonchev–Trinajstić information content (AvgIpc) is 2.23. The van der Waals surface area contributed by atoms with Gasteiger partial charge in [-0.3, -0.25) is 0 Å². The summed E-state index contributed by atoms with van der Waals surface area (Å²) in [5, 5.41) is 2.78. The Morgan fingerprint density at radius 2 is 2.18 bits per heavy atom. The molecule has 1 saturated heterocycles. The van der Waals surface area contributed by atoms with E-state index in [9.17, 15) is 4.79 Å². The van der Waals surface area contributed by atoms with Crippen molar-refractivity contribution in [3.8, 4) is 0 Å². The number of nitrogens with one attached hydrogen (secondary N) is 1. The highest BCUT2D eigenvalue weighted by atomic mass is 16.6. The molecule has 1 rings (SSSR count). The van der Waals surface area contributed by atoms with Crippen LogP contribution in [-0.2, 0) is 9.47 Å². The van der Waals surface area contributed by atoms with E-state index in [1.165, 1.54) is 0 Å². The first-order chi connectivity index (χ1) is 8.08. The van der Waals surface area contributed by atoms with E-state index in [1.54, 1.807) is 0 Å². The fourth-order valence-electron chi connectivity index (χ4n) is 1.75. The third kappa shape index (κ3) is 4.94. The Bertz CT molecular complexity index is 231. The van der Waals surface area contributed by atoms with E-state index in [-0.39, 0.29) is 11.5 Å². The van der Waals surface area contributed by atoms with Crippen LogP contribution in [0.2, 0.25) is 0 Å². The van der Waals surface area contributed by atoms with Crippen LogP contribution >= 0.6 is 0 Å². The minimum Gasteiger partial charge on any atom is -0.449 e. The van der Waals surface area contributed by atoms with Crippen LogP contribution in [0.1, 0.15) is 40.0 Å². The maximum atomic E-state index is 11.4. The molecule has 0 unspecified atom stereocenters. The number of alkyl carbamates (subject to hydrolysis) is 1. The summed E-state index contributed by atoms with van der Waals surface area (Å²) in [7, 11) is 0. The van der Waals surface area contributed by atoms with Crippen molar-refractivity contribution in [2.75, 3.05) is 26.4 Å². The highest BCUT2D eigenvalue weighted by molar-refractivity contribution is 5.67. The fourth-order valence-corrected chi connectivity index (χ4v) is 1.75. The first kappa shape index (κ1) is 14.3. The zero-order chi connectivity index (χ0) is 12.7. The lowest BCUT2D eigenvalue weighted by molar-refractivity contribution is -0.138. The minimum absolute atomic E-state index is 0.0786. The van der Waals surface area contributed by atoms with Crippen LogP contribution in [0.3, 0.4) is 0 Å². The Labute approximate surface area is 104 Å². The van der Waals surface area contributed by atoms with Crippen LogP contribution in [0, 0.1) is 11.3 Å². The summed E-state index contributed by atoms with van der Waals surface area (Å²) in [5.74, 6) is 0.684. The number of carbonyl (C=O) groups is 1. The van der Waals surface area contributed by atoms with E-state index in [2.05, 4.69) is 26.1 Å². The second-order valence-electron chi connectivity index (χ2n) is 5.39. The van der Waals surface area contributed by atoms with Crippen molar-refractivity contribution in [3.05, 3.63) is 0 Å². The quantitative estimate of drug-likeness (QED) is 0.699. The average molecular weight is 243 g/mol. The topological polar surface area (TPSA) is 47.6 Å². The van der Waals surface area contributed by atoms with Crippen LogP contribution in [0.4, 0.5) is 4.79 Å². The van der Waals surface area contributed by atoms with Crippen molar-refractivity contribution in [1.82, 2.24) is 5.32 Å². The van der Waals surface area contributed by atoms with Crippen LogP contribution in [0.25, 0.3) is 0 Å². The lowest BCUT2D eigenvalue weighted by atomic mass is 9.84. The first-order valence-corrected chi connectivity index (χ1v) is 6.56. The molecule has 0 bridgehead atoms. The largest absolute Gasteiger partial charge is 0.449 e. The van der Waals surface area contributed by atoms with E-state index >= 15 is 0 Å².